The molecule has 0 aliphatic heterocycles. The van der Waals surface area contributed by atoms with Gasteiger partial charge in [-0.2, -0.15) is 0 Å². The Balaban J connectivity index is 1.90. The Labute approximate surface area is 252 Å². The van der Waals surface area contributed by atoms with Gasteiger partial charge in [0.1, 0.15) is 6.04 Å². The third-order valence-corrected chi connectivity index (χ3v) is 8.40. The fourth-order valence-corrected chi connectivity index (χ4v) is 6.00. The van der Waals surface area contributed by atoms with Crippen LogP contribution in [0.25, 0.3) is 0 Å². The summed E-state index contributed by atoms with van der Waals surface area (Å²) in [5.74, 6) is -0.116. The van der Waals surface area contributed by atoms with Gasteiger partial charge in [-0.1, -0.05) is 74.5 Å². The first-order chi connectivity index (χ1) is 19.8. The van der Waals surface area contributed by atoms with Crippen molar-refractivity contribution in [1.29, 1.82) is 0 Å². The second kappa shape index (κ2) is 15.0. The molecule has 0 saturated carbocycles. The minimum Gasteiger partial charge on any atom is -0.354 e. The number of nitrogens with one attached hydrogen (secondary N) is 1. The topological polar surface area (TPSA) is 86.8 Å². The van der Waals surface area contributed by atoms with E-state index >= 15 is 0 Å². The van der Waals surface area contributed by atoms with Crippen molar-refractivity contribution in [2.45, 2.75) is 66.5 Å². The summed E-state index contributed by atoms with van der Waals surface area (Å²) >= 11 is 0. The van der Waals surface area contributed by atoms with E-state index in [-0.39, 0.29) is 37.2 Å². The average Bonchev–Trinajstić information content (AvgIpc) is 2.91. The second-order valence-electron chi connectivity index (χ2n) is 11.6. The molecule has 0 bridgehead atoms. The summed E-state index contributed by atoms with van der Waals surface area (Å²) in [5, 5.41) is 3.04. The van der Waals surface area contributed by atoms with Crippen LogP contribution >= 0.6 is 0 Å². The van der Waals surface area contributed by atoms with Gasteiger partial charge in [0, 0.05) is 32.5 Å². The molecular formula is C34H45N3O4S. The first-order valence-electron chi connectivity index (χ1n) is 14.6. The van der Waals surface area contributed by atoms with E-state index in [1.807, 2.05) is 107 Å². The quantitative estimate of drug-likeness (QED) is 0.266. The smallest absolute Gasteiger partial charge is 0.243 e. The Hall–Kier alpha value is -3.65. The highest BCUT2D eigenvalue weighted by Gasteiger charge is 2.31. The van der Waals surface area contributed by atoms with Crippen molar-refractivity contribution >= 4 is 27.5 Å². The molecule has 0 saturated heterocycles. The van der Waals surface area contributed by atoms with Gasteiger partial charge in [-0.05, 0) is 73.1 Å². The molecule has 2 amide bonds. The van der Waals surface area contributed by atoms with Crippen LogP contribution < -0.4 is 9.62 Å². The van der Waals surface area contributed by atoms with E-state index in [0.29, 0.717) is 25.1 Å². The van der Waals surface area contributed by atoms with Gasteiger partial charge in [-0.3, -0.25) is 13.9 Å². The lowest BCUT2D eigenvalue weighted by atomic mass is 10.0. The van der Waals surface area contributed by atoms with Gasteiger partial charge in [0.15, 0.2) is 0 Å². The van der Waals surface area contributed by atoms with Crippen molar-refractivity contribution in [3.8, 4) is 0 Å². The number of nitrogens with zero attached hydrogens (tertiary/aromatic N) is 2. The first-order valence-corrected chi connectivity index (χ1v) is 16.4. The fraction of sp³-hybridized carbons (Fsp3) is 0.412. The molecule has 3 aromatic carbocycles. The van der Waals surface area contributed by atoms with Crippen LogP contribution in [-0.4, -0.2) is 50.5 Å². The van der Waals surface area contributed by atoms with Crippen molar-refractivity contribution in [2.75, 3.05) is 23.7 Å². The third kappa shape index (κ3) is 9.72. The Morgan fingerprint density at radius 2 is 1.50 bits per heavy atom. The molecule has 226 valence electrons. The molecule has 0 fully saturated rings. The lowest BCUT2D eigenvalue weighted by Crippen LogP contribution is -2.51. The first kappa shape index (κ1) is 32.9. The molecule has 0 heterocycles. The molecule has 1 atom stereocenters. The predicted molar refractivity (Wildman–Crippen MR) is 171 cm³/mol. The van der Waals surface area contributed by atoms with Crippen LogP contribution in [0, 0.1) is 26.7 Å². The number of benzene rings is 3. The summed E-state index contributed by atoms with van der Waals surface area (Å²) in [4.78, 5) is 29.3. The molecule has 1 N–H and O–H groups in total. The third-order valence-electron chi connectivity index (χ3n) is 7.20. The summed E-state index contributed by atoms with van der Waals surface area (Å²) in [6.45, 7) is 10.9. The Morgan fingerprint density at radius 3 is 2.10 bits per heavy atom. The van der Waals surface area contributed by atoms with Gasteiger partial charge in [-0.25, -0.2) is 8.42 Å². The zero-order valence-corrected chi connectivity index (χ0v) is 26.6. The van der Waals surface area contributed by atoms with E-state index in [9.17, 15) is 18.0 Å². The van der Waals surface area contributed by atoms with Gasteiger partial charge >= 0.3 is 0 Å². The highest BCUT2D eigenvalue weighted by molar-refractivity contribution is 7.92. The summed E-state index contributed by atoms with van der Waals surface area (Å²) < 4.78 is 26.9. The van der Waals surface area contributed by atoms with Crippen LogP contribution in [0.1, 0.15) is 54.5 Å². The molecule has 42 heavy (non-hydrogen) atoms. The van der Waals surface area contributed by atoms with Crippen molar-refractivity contribution in [3.63, 3.8) is 0 Å². The van der Waals surface area contributed by atoms with Gasteiger partial charge in [0.2, 0.25) is 21.8 Å². The van der Waals surface area contributed by atoms with Crippen LogP contribution in [0.2, 0.25) is 0 Å². The monoisotopic (exact) mass is 591 g/mol. The van der Waals surface area contributed by atoms with Crippen LogP contribution in [0.5, 0.6) is 0 Å². The summed E-state index contributed by atoms with van der Waals surface area (Å²) in [5.41, 5.74) is 5.49. The maximum absolute atomic E-state index is 14.0. The maximum Gasteiger partial charge on any atom is 0.243 e. The zero-order valence-electron chi connectivity index (χ0n) is 25.8. The van der Waals surface area contributed by atoms with Crippen LogP contribution in [0.3, 0.4) is 0 Å². The number of hydrogen-bond donors (Lipinski definition) is 1. The van der Waals surface area contributed by atoms with E-state index in [2.05, 4.69) is 5.32 Å². The van der Waals surface area contributed by atoms with E-state index in [1.54, 1.807) is 4.90 Å². The van der Waals surface area contributed by atoms with Gasteiger partial charge < -0.3 is 10.2 Å². The average molecular weight is 592 g/mol. The molecule has 0 aliphatic rings. The van der Waals surface area contributed by atoms with E-state index in [0.717, 1.165) is 27.8 Å². The fourth-order valence-electron chi connectivity index (χ4n) is 5.05. The van der Waals surface area contributed by atoms with E-state index < -0.39 is 16.1 Å². The van der Waals surface area contributed by atoms with Gasteiger partial charge in [-0.15, -0.1) is 0 Å². The van der Waals surface area contributed by atoms with Gasteiger partial charge in [0.25, 0.3) is 0 Å². The van der Waals surface area contributed by atoms with E-state index in [1.165, 1.54) is 10.6 Å². The van der Waals surface area contributed by atoms with Crippen molar-refractivity contribution in [2.24, 2.45) is 5.92 Å². The van der Waals surface area contributed by atoms with Crippen molar-refractivity contribution in [3.05, 3.63) is 101 Å². The standard InChI is InChI=1S/C34H45N3O4S/c1-25(2)23-35-34(39)32(22-29-14-8-7-9-15-29)36(24-30-16-11-10-13-28(30)5)33(38)17-12-18-37(42(6,40)41)31-20-26(3)19-27(4)21-31/h7-11,13-16,19-21,25,32H,12,17-18,22-24H2,1-6H3,(H,35,39). The minimum absolute atomic E-state index is 0.103. The van der Waals surface area contributed by atoms with Crippen molar-refractivity contribution < 1.29 is 18.0 Å². The van der Waals surface area contributed by atoms with E-state index in [4.69, 9.17) is 0 Å². The molecule has 0 radical (unpaired) electrons. The molecule has 3 rings (SSSR count). The summed E-state index contributed by atoms with van der Waals surface area (Å²) in [6, 6.07) is 22.5. The second-order valence-corrected chi connectivity index (χ2v) is 13.5. The number of sulfonamides is 1. The van der Waals surface area contributed by atoms with Crippen LogP contribution in [-0.2, 0) is 32.6 Å². The molecule has 7 nitrogen and oxygen atoms in total. The highest BCUT2D eigenvalue weighted by Crippen LogP contribution is 2.23. The molecule has 0 spiro atoms. The van der Waals surface area contributed by atoms with Gasteiger partial charge in [0.05, 0.1) is 11.9 Å². The molecular weight excluding hydrogens is 546 g/mol. The van der Waals surface area contributed by atoms with Crippen molar-refractivity contribution in [1.82, 2.24) is 10.2 Å². The lowest BCUT2D eigenvalue weighted by molar-refractivity contribution is -0.141. The highest BCUT2D eigenvalue weighted by atomic mass is 32.2. The van der Waals surface area contributed by atoms with Crippen LogP contribution in [0.15, 0.2) is 72.8 Å². The Kier molecular flexibility index (Phi) is 11.7. The minimum atomic E-state index is -3.57. The maximum atomic E-state index is 14.0. The molecule has 8 heteroatoms. The number of anilines is 1. The normalized spacial score (nSPS) is 12.2. The molecule has 3 aromatic rings. The van der Waals surface area contributed by atoms with Crippen LogP contribution in [0.4, 0.5) is 5.69 Å². The molecule has 1 unspecified atom stereocenters. The lowest BCUT2D eigenvalue weighted by Gasteiger charge is -2.32. The molecule has 0 aromatic heterocycles. The number of hydrogen-bond acceptors (Lipinski definition) is 4. The number of rotatable bonds is 14. The number of carbonyl (C=O) groups is 2. The summed E-state index contributed by atoms with van der Waals surface area (Å²) in [6.07, 6.45) is 1.98. The molecule has 0 aliphatic carbocycles. The largest absolute Gasteiger partial charge is 0.354 e. The SMILES string of the molecule is Cc1cc(C)cc(N(CCCC(=O)N(Cc2ccccc2C)C(Cc2ccccc2)C(=O)NCC(C)C)S(C)(=O)=O)c1. The Morgan fingerprint density at radius 1 is 0.881 bits per heavy atom. The number of aryl methyl sites for hydroxylation is 3. The number of amides is 2. The summed E-state index contributed by atoms with van der Waals surface area (Å²) in [7, 11) is -3.57. The number of carbonyl (C=O) groups excluding carboxylic acids is 2. The Bertz CT molecular complexity index is 1430. The zero-order chi connectivity index (χ0) is 30.9. The predicted octanol–water partition coefficient (Wildman–Crippen LogP) is 5.57.